The highest BCUT2D eigenvalue weighted by Gasteiger charge is 2.21. The van der Waals surface area contributed by atoms with Gasteiger partial charge in [-0.05, 0) is 47.0 Å². The van der Waals surface area contributed by atoms with Gasteiger partial charge >= 0.3 is 0 Å². The lowest BCUT2D eigenvalue weighted by Gasteiger charge is -2.22. The van der Waals surface area contributed by atoms with Gasteiger partial charge in [-0.15, -0.1) is 0 Å². The number of sulfonamides is 1. The summed E-state index contributed by atoms with van der Waals surface area (Å²) < 4.78 is 34.5. The molecule has 1 aliphatic rings. The third-order valence-electron chi connectivity index (χ3n) is 3.22. The fourth-order valence-corrected chi connectivity index (χ4v) is 4.92. The lowest BCUT2D eigenvalue weighted by molar-refractivity contribution is 0.0934. The van der Waals surface area contributed by atoms with Gasteiger partial charge in [0.05, 0.1) is 4.90 Å². The van der Waals surface area contributed by atoms with Crippen LogP contribution in [0.5, 0.6) is 0 Å². The van der Waals surface area contributed by atoms with Gasteiger partial charge in [0.15, 0.2) is 0 Å². The molecule has 0 bridgehead atoms. The van der Waals surface area contributed by atoms with Crippen LogP contribution in [0.2, 0.25) is 0 Å². The molecule has 0 spiro atoms. The molecule has 9 heteroatoms. The second-order valence-electron chi connectivity index (χ2n) is 4.79. The van der Waals surface area contributed by atoms with Crippen molar-refractivity contribution in [3.63, 3.8) is 0 Å². The van der Waals surface area contributed by atoms with Gasteiger partial charge in [0.2, 0.25) is 10.0 Å². The number of halogens is 1. The average molecular weight is 395 g/mol. The summed E-state index contributed by atoms with van der Waals surface area (Å²) in [6, 6.07) is 4.21. The normalized spacial score (nSPS) is 22.8. The Bertz CT molecular complexity index is 680. The van der Waals surface area contributed by atoms with Gasteiger partial charge in [0.25, 0.3) is 5.91 Å². The number of nitrogens with two attached hydrogens (primary N) is 1. The van der Waals surface area contributed by atoms with Crippen LogP contribution in [0.15, 0.2) is 27.6 Å². The molecule has 1 saturated heterocycles. The van der Waals surface area contributed by atoms with Gasteiger partial charge in [-0.2, -0.15) is 0 Å². The summed E-state index contributed by atoms with van der Waals surface area (Å²) in [5, 5.41) is 7.93. The Morgan fingerprint density at radius 2 is 1.95 bits per heavy atom. The number of carbonyl (C=O) groups excluding carboxylic acids is 1. The third-order valence-corrected chi connectivity index (χ3v) is 6.51. The Balaban J connectivity index is 2.15. The number of hydrogen-bond donors (Lipinski definition) is 2. The van der Waals surface area contributed by atoms with E-state index in [-0.39, 0.29) is 22.4 Å². The highest BCUT2D eigenvalue weighted by Crippen LogP contribution is 2.22. The Labute approximate surface area is 134 Å². The molecule has 1 amide bonds. The maximum Gasteiger partial charge on any atom is 0.251 e. The number of amides is 1. The van der Waals surface area contributed by atoms with Crippen molar-refractivity contribution in [3.8, 4) is 0 Å². The fraction of sp³-hybridized carbons (Fsp3) is 0.417. The monoisotopic (exact) mass is 394 g/mol. The molecule has 1 aromatic rings. The Morgan fingerprint density at radius 3 is 2.52 bits per heavy atom. The molecule has 21 heavy (non-hydrogen) atoms. The molecule has 0 aromatic heterocycles. The van der Waals surface area contributed by atoms with E-state index in [1.54, 1.807) is 0 Å². The summed E-state index contributed by atoms with van der Waals surface area (Å²) in [5.74, 6) is 0.798. The molecule has 0 unspecified atom stereocenters. The minimum atomic E-state index is -3.90. The number of nitrogens with one attached hydrogen (secondary N) is 1. The summed E-state index contributed by atoms with van der Waals surface area (Å²) >= 11 is 3.10. The first-order valence-electron chi connectivity index (χ1n) is 6.25. The van der Waals surface area contributed by atoms with Crippen LogP contribution in [0.1, 0.15) is 23.2 Å². The molecule has 6 nitrogen and oxygen atoms in total. The fourth-order valence-electron chi connectivity index (χ4n) is 2.07. The Hall–Kier alpha value is -0.770. The molecular weight excluding hydrogens is 380 g/mol. The number of hydrogen-bond acceptors (Lipinski definition) is 4. The first-order valence-corrected chi connectivity index (χ1v) is 10.1. The van der Waals surface area contributed by atoms with Gasteiger partial charge in [0.1, 0.15) is 0 Å². The molecule has 1 heterocycles. The van der Waals surface area contributed by atoms with E-state index in [9.17, 15) is 17.4 Å². The number of benzene rings is 1. The minimum Gasteiger partial charge on any atom is -0.349 e. The zero-order valence-electron chi connectivity index (χ0n) is 11.0. The molecule has 0 radical (unpaired) electrons. The van der Waals surface area contributed by atoms with Crippen LogP contribution in [0.4, 0.5) is 0 Å². The van der Waals surface area contributed by atoms with E-state index in [1.807, 2.05) is 0 Å². The van der Waals surface area contributed by atoms with Crippen molar-refractivity contribution in [2.24, 2.45) is 5.14 Å². The summed E-state index contributed by atoms with van der Waals surface area (Å²) in [7, 11) is -4.69. The minimum absolute atomic E-state index is 0.0308. The maximum atomic E-state index is 12.1. The zero-order chi connectivity index (χ0) is 15.6. The second-order valence-corrected chi connectivity index (χ2v) is 8.87. The molecule has 1 fully saturated rings. The third kappa shape index (κ3) is 4.35. The predicted octanol–water partition coefficient (Wildman–Crippen LogP) is 0.737. The van der Waals surface area contributed by atoms with Gasteiger partial charge in [-0.25, -0.2) is 13.6 Å². The van der Waals surface area contributed by atoms with E-state index >= 15 is 0 Å². The SMILES string of the molecule is NS(=O)(=O)c1cc(C(=O)NC2CCS(=O)CC2)ccc1Br. The largest absolute Gasteiger partial charge is 0.349 e. The van der Waals surface area contributed by atoms with Crippen LogP contribution in [0.3, 0.4) is 0 Å². The summed E-state index contributed by atoms with van der Waals surface area (Å²) in [4.78, 5) is 12.0. The van der Waals surface area contributed by atoms with Crippen molar-refractivity contribution in [1.82, 2.24) is 5.32 Å². The highest BCUT2D eigenvalue weighted by atomic mass is 79.9. The topological polar surface area (TPSA) is 106 Å². The van der Waals surface area contributed by atoms with Gasteiger partial charge in [-0.1, -0.05) is 0 Å². The van der Waals surface area contributed by atoms with Crippen LogP contribution in [-0.4, -0.2) is 36.1 Å². The van der Waals surface area contributed by atoms with E-state index in [1.165, 1.54) is 18.2 Å². The lowest BCUT2D eigenvalue weighted by Crippen LogP contribution is -2.39. The maximum absolute atomic E-state index is 12.1. The van der Waals surface area contributed by atoms with Crippen molar-refractivity contribution in [2.75, 3.05) is 11.5 Å². The first kappa shape index (κ1) is 16.6. The molecule has 0 saturated carbocycles. The van der Waals surface area contributed by atoms with Gasteiger partial charge in [-0.3, -0.25) is 9.00 Å². The first-order chi connectivity index (χ1) is 9.77. The van der Waals surface area contributed by atoms with Crippen molar-refractivity contribution in [3.05, 3.63) is 28.2 Å². The van der Waals surface area contributed by atoms with E-state index in [4.69, 9.17) is 5.14 Å². The Morgan fingerprint density at radius 1 is 1.33 bits per heavy atom. The average Bonchev–Trinajstić information content (AvgIpc) is 2.40. The van der Waals surface area contributed by atoms with Crippen LogP contribution < -0.4 is 10.5 Å². The molecule has 2 rings (SSSR count). The van der Waals surface area contributed by atoms with Crippen molar-refractivity contribution in [2.45, 2.75) is 23.8 Å². The molecule has 3 N–H and O–H groups in total. The molecule has 0 aliphatic carbocycles. The van der Waals surface area contributed by atoms with Crippen LogP contribution in [0.25, 0.3) is 0 Å². The second kappa shape index (κ2) is 6.55. The van der Waals surface area contributed by atoms with E-state index in [2.05, 4.69) is 21.2 Å². The van der Waals surface area contributed by atoms with Crippen LogP contribution in [0, 0.1) is 0 Å². The summed E-state index contributed by atoms with van der Waals surface area (Å²) in [6.45, 7) is 0. The van der Waals surface area contributed by atoms with E-state index in [0.29, 0.717) is 28.8 Å². The quantitative estimate of drug-likeness (QED) is 0.787. The van der Waals surface area contributed by atoms with E-state index < -0.39 is 20.8 Å². The highest BCUT2D eigenvalue weighted by molar-refractivity contribution is 9.10. The van der Waals surface area contributed by atoms with Gasteiger partial charge in [0, 0.05) is 38.4 Å². The predicted molar refractivity (Wildman–Crippen MR) is 83.9 cm³/mol. The molecule has 116 valence electrons. The number of rotatable bonds is 3. The zero-order valence-corrected chi connectivity index (χ0v) is 14.3. The summed E-state index contributed by atoms with van der Waals surface area (Å²) in [6.07, 6.45) is 1.33. The van der Waals surface area contributed by atoms with Crippen molar-refractivity contribution < 1.29 is 17.4 Å². The Kier molecular flexibility index (Phi) is 5.18. The molecule has 1 aliphatic heterocycles. The van der Waals surface area contributed by atoms with Crippen molar-refractivity contribution >= 4 is 42.7 Å². The van der Waals surface area contributed by atoms with Crippen molar-refractivity contribution in [1.29, 1.82) is 0 Å². The molecular formula is C12H15BrN2O4S2. The standard InChI is InChI=1S/C12H15BrN2O4S2/c13-10-2-1-8(7-11(10)21(14,18)19)12(16)15-9-3-5-20(17)6-4-9/h1-2,7,9H,3-6H2,(H,15,16)(H2,14,18,19). The smallest absolute Gasteiger partial charge is 0.251 e. The molecule has 0 atom stereocenters. The van der Waals surface area contributed by atoms with E-state index in [0.717, 1.165) is 0 Å². The summed E-state index contributed by atoms with van der Waals surface area (Å²) in [5.41, 5.74) is 0.230. The number of carbonyl (C=O) groups is 1. The number of primary sulfonamides is 1. The van der Waals surface area contributed by atoms with Gasteiger partial charge < -0.3 is 5.32 Å². The van der Waals surface area contributed by atoms with Crippen LogP contribution >= 0.6 is 15.9 Å². The lowest BCUT2D eigenvalue weighted by atomic mass is 10.1. The van der Waals surface area contributed by atoms with Crippen LogP contribution in [-0.2, 0) is 20.8 Å². The molecule has 1 aromatic carbocycles.